The Morgan fingerprint density at radius 1 is 1.59 bits per heavy atom. The summed E-state index contributed by atoms with van der Waals surface area (Å²) in [5, 5.41) is 13.6. The number of nitro groups is 1. The summed E-state index contributed by atoms with van der Waals surface area (Å²) in [6.45, 7) is 1.61. The van der Waals surface area contributed by atoms with Gasteiger partial charge in [0, 0.05) is 17.6 Å². The minimum Gasteiger partial charge on any atom is -0.347 e. The Bertz CT molecular complexity index is 487. The molecular formula is C11H13N3O3. The van der Waals surface area contributed by atoms with Crippen LogP contribution in [0.1, 0.15) is 22.3 Å². The molecule has 0 bridgehead atoms. The number of hydrogen-bond donors (Lipinski definition) is 2. The van der Waals surface area contributed by atoms with E-state index in [1.807, 2.05) is 0 Å². The normalized spacial score (nSPS) is 22.0. The number of nitrogens with one attached hydrogen (secondary N) is 1. The lowest BCUT2D eigenvalue weighted by molar-refractivity contribution is -0.385. The number of aryl methyl sites for hydroxylation is 1. The Morgan fingerprint density at radius 3 is 2.76 bits per heavy atom. The minimum absolute atomic E-state index is 0.0252. The summed E-state index contributed by atoms with van der Waals surface area (Å²) >= 11 is 0. The first-order valence-corrected chi connectivity index (χ1v) is 5.31. The van der Waals surface area contributed by atoms with E-state index in [-0.39, 0.29) is 23.3 Å². The molecule has 6 nitrogen and oxygen atoms in total. The topological polar surface area (TPSA) is 98.3 Å². The SMILES string of the molecule is Cc1cccc(C(=O)NC2CC2N)c1[N+](=O)[O-]. The lowest BCUT2D eigenvalue weighted by atomic mass is 10.1. The van der Waals surface area contributed by atoms with Crippen LogP contribution >= 0.6 is 0 Å². The van der Waals surface area contributed by atoms with Crippen LogP contribution in [0.25, 0.3) is 0 Å². The third kappa shape index (κ3) is 2.26. The Labute approximate surface area is 98.0 Å². The molecule has 1 aromatic carbocycles. The lowest BCUT2D eigenvalue weighted by Crippen LogP contribution is -2.30. The maximum atomic E-state index is 11.8. The third-order valence-corrected chi connectivity index (χ3v) is 2.82. The summed E-state index contributed by atoms with van der Waals surface area (Å²) in [4.78, 5) is 22.2. The first kappa shape index (κ1) is 11.5. The molecule has 90 valence electrons. The van der Waals surface area contributed by atoms with Crippen molar-refractivity contribution >= 4 is 11.6 Å². The second kappa shape index (κ2) is 4.14. The van der Waals surface area contributed by atoms with Gasteiger partial charge in [-0.05, 0) is 19.4 Å². The van der Waals surface area contributed by atoms with Gasteiger partial charge in [0.1, 0.15) is 5.56 Å². The largest absolute Gasteiger partial charge is 0.347 e. The van der Waals surface area contributed by atoms with E-state index in [1.165, 1.54) is 6.07 Å². The summed E-state index contributed by atoms with van der Waals surface area (Å²) in [6, 6.07) is 4.61. The van der Waals surface area contributed by atoms with Crippen molar-refractivity contribution in [3.8, 4) is 0 Å². The van der Waals surface area contributed by atoms with E-state index < -0.39 is 10.8 Å². The fraction of sp³-hybridized carbons (Fsp3) is 0.364. The van der Waals surface area contributed by atoms with E-state index in [1.54, 1.807) is 19.1 Å². The first-order valence-electron chi connectivity index (χ1n) is 5.31. The van der Waals surface area contributed by atoms with Crippen molar-refractivity contribution in [2.24, 2.45) is 5.73 Å². The van der Waals surface area contributed by atoms with E-state index in [0.717, 1.165) is 6.42 Å². The fourth-order valence-electron chi connectivity index (χ4n) is 1.71. The minimum atomic E-state index is -0.531. The highest BCUT2D eigenvalue weighted by Crippen LogP contribution is 2.24. The van der Waals surface area contributed by atoms with E-state index in [4.69, 9.17) is 5.73 Å². The van der Waals surface area contributed by atoms with Crippen molar-refractivity contribution in [1.82, 2.24) is 5.32 Å². The molecular weight excluding hydrogens is 222 g/mol. The van der Waals surface area contributed by atoms with Crippen LogP contribution in [0.5, 0.6) is 0 Å². The smallest absolute Gasteiger partial charge is 0.285 e. The molecule has 1 fully saturated rings. The number of nitrogens with two attached hydrogens (primary N) is 1. The molecule has 3 N–H and O–H groups in total. The van der Waals surface area contributed by atoms with Gasteiger partial charge in [0.05, 0.1) is 4.92 Å². The van der Waals surface area contributed by atoms with Gasteiger partial charge >= 0.3 is 0 Å². The van der Waals surface area contributed by atoms with Crippen molar-refractivity contribution in [3.63, 3.8) is 0 Å². The second-order valence-corrected chi connectivity index (χ2v) is 4.21. The van der Waals surface area contributed by atoms with Crippen molar-refractivity contribution in [2.75, 3.05) is 0 Å². The van der Waals surface area contributed by atoms with Gasteiger partial charge in [-0.2, -0.15) is 0 Å². The van der Waals surface area contributed by atoms with Gasteiger partial charge in [-0.15, -0.1) is 0 Å². The van der Waals surface area contributed by atoms with Gasteiger partial charge in [-0.1, -0.05) is 12.1 Å². The van der Waals surface area contributed by atoms with Crippen molar-refractivity contribution < 1.29 is 9.72 Å². The van der Waals surface area contributed by atoms with E-state index in [0.29, 0.717) is 5.56 Å². The number of hydrogen-bond acceptors (Lipinski definition) is 4. The highest BCUT2D eigenvalue weighted by Gasteiger charge is 2.36. The number of benzene rings is 1. The van der Waals surface area contributed by atoms with Crippen LogP contribution in [-0.4, -0.2) is 22.9 Å². The monoisotopic (exact) mass is 235 g/mol. The molecule has 1 amide bonds. The van der Waals surface area contributed by atoms with E-state index >= 15 is 0 Å². The molecule has 17 heavy (non-hydrogen) atoms. The molecule has 0 radical (unpaired) electrons. The van der Waals surface area contributed by atoms with Gasteiger partial charge in [0.25, 0.3) is 11.6 Å². The molecule has 1 saturated carbocycles. The molecule has 1 aliphatic rings. The van der Waals surface area contributed by atoms with Crippen molar-refractivity contribution in [2.45, 2.75) is 25.4 Å². The summed E-state index contributed by atoms with van der Waals surface area (Å²) in [5.41, 5.74) is 6.00. The van der Waals surface area contributed by atoms with Crippen LogP contribution < -0.4 is 11.1 Å². The summed E-state index contributed by atoms with van der Waals surface area (Å²) in [7, 11) is 0. The number of carbonyl (C=O) groups is 1. The average molecular weight is 235 g/mol. The molecule has 0 aliphatic heterocycles. The molecule has 0 saturated heterocycles. The van der Waals surface area contributed by atoms with Crippen LogP contribution in [0.3, 0.4) is 0 Å². The number of rotatable bonds is 3. The number of carbonyl (C=O) groups excluding carboxylic acids is 1. The second-order valence-electron chi connectivity index (χ2n) is 4.21. The number of amides is 1. The maximum absolute atomic E-state index is 11.8. The van der Waals surface area contributed by atoms with Gasteiger partial charge in [0.2, 0.25) is 0 Å². The van der Waals surface area contributed by atoms with Crippen LogP contribution in [0, 0.1) is 17.0 Å². The summed E-state index contributed by atoms with van der Waals surface area (Å²) in [6.07, 6.45) is 0.728. The van der Waals surface area contributed by atoms with Crippen LogP contribution in [-0.2, 0) is 0 Å². The molecule has 2 unspecified atom stereocenters. The highest BCUT2D eigenvalue weighted by molar-refractivity contribution is 5.99. The first-order chi connectivity index (χ1) is 8.00. The zero-order chi connectivity index (χ0) is 12.6. The van der Waals surface area contributed by atoms with Crippen LogP contribution in [0.4, 0.5) is 5.69 Å². The Morgan fingerprint density at radius 2 is 2.24 bits per heavy atom. The van der Waals surface area contributed by atoms with E-state index in [9.17, 15) is 14.9 Å². The fourth-order valence-corrected chi connectivity index (χ4v) is 1.71. The zero-order valence-electron chi connectivity index (χ0n) is 9.34. The molecule has 0 heterocycles. The Kier molecular flexibility index (Phi) is 2.81. The predicted molar refractivity (Wildman–Crippen MR) is 61.7 cm³/mol. The highest BCUT2D eigenvalue weighted by atomic mass is 16.6. The zero-order valence-corrected chi connectivity index (χ0v) is 9.34. The van der Waals surface area contributed by atoms with Crippen molar-refractivity contribution in [1.29, 1.82) is 0 Å². The van der Waals surface area contributed by atoms with Gasteiger partial charge in [0.15, 0.2) is 0 Å². The maximum Gasteiger partial charge on any atom is 0.285 e. The van der Waals surface area contributed by atoms with Gasteiger partial charge < -0.3 is 11.1 Å². The Hall–Kier alpha value is -1.95. The standard InChI is InChI=1S/C11H13N3O3/c1-6-3-2-4-7(10(6)14(16)17)11(15)13-9-5-8(9)12/h2-4,8-9H,5,12H2,1H3,(H,13,15). The molecule has 0 aromatic heterocycles. The molecule has 1 aliphatic carbocycles. The van der Waals surface area contributed by atoms with Crippen molar-refractivity contribution in [3.05, 3.63) is 39.4 Å². The van der Waals surface area contributed by atoms with Gasteiger partial charge in [-0.25, -0.2) is 0 Å². The number of para-hydroxylation sites is 1. The third-order valence-electron chi connectivity index (χ3n) is 2.82. The molecule has 6 heteroatoms. The lowest BCUT2D eigenvalue weighted by Gasteiger charge is -2.06. The average Bonchev–Trinajstić information content (AvgIpc) is 2.93. The number of nitro benzene ring substituents is 1. The number of nitrogens with zero attached hydrogens (tertiary/aromatic N) is 1. The van der Waals surface area contributed by atoms with Crippen LogP contribution in [0.15, 0.2) is 18.2 Å². The summed E-state index contributed by atoms with van der Waals surface area (Å²) in [5.74, 6) is -0.432. The molecule has 2 rings (SSSR count). The molecule has 2 atom stereocenters. The quantitative estimate of drug-likeness (QED) is 0.596. The summed E-state index contributed by atoms with van der Waals surface area (Å²) < 4.78 is 0. The van der Waals surface area contributed by atoms with Gasteiger partial charge in [-0.3, -0.25) is 14.9 Å². The van der Waals surface area contributed by atoms with Crippen LogP contribution in [0.2, 0.25) is 0 Å². The predicted octanol–water partition coefficient (Wildman–Crippen LogP) is 0.733. The molecule has 0 spiro atoms. The molecule has 1 aromatic rings. The van der Waals surface area contributed by atoms with E-state index in [2.05, 4.69) is 5.32 Å². The Balaban J connectivity index is 2.28.